The standard InChI is InChI=1S/C5H11NO4S/c1-4(3-5(7)8)6-11(2,9)10/h4,6H,3H2,1-2H3,(H,7,8). The molecule has 0 saturated carbocycles. The Balaban J connectivity index is 3.89. The number of carbonyl (C=O) groups is 1. The Kier molecular flexibility index (Phi) is 3.47. The summed E-state index contributed by atoms with van der Waals surface area (Å²) in [7, 11) is -3.28. The maximum absolute atomic E-state index is 10.5. The van der Waals surface area contributed by atoms with Crippen molar-refractivity contribution in [2.75, 3.05) is 6.26 Å². The second-order valence-electron chi connectivity index (χ2n) is 2.39. The summed E-state index contributed by atoms with van der Waals surface area (Å²) in [6.07, 6.45) is 0.790. The highest BCUT2D eigenvalue weighted by Crippen LogP contribution is 1.91. The number of carboxylic acid groups (broad SMARTS) is 1. The van der Waals surface area contributed by atoms with Crippen molar-refractivity contribution in [3.63, 3.8) is 0 Å². The van der Waals surface area contributed by atoms with Gasteiger partial charge >= 0.3 is 5.97 Å². The van der Waals surface area contributed by atoms with Crippen molar-refractivity contribution < 1.29 is 18.3 Å². The molecule has 0 aliphatic rings. The molecule has 5 nitrogen and oxygen atoms in total. The number of hydrogen-bond donors (Lipinski definition) is 2. The van der Waals surface area contributed by atoms with Crippen LogP contribution in [0.1, 0.15) is 13.3 Å². The molecule has 0 radical (unpaired) electrons. The van der Waals surface area contributed by atoms with E-state index in [1.165, 1.54) is 6.92 Å². The zero-order chi connectivity index (χ0) is 9.07. The minimum absolute atomic E-state index is 0.201. The van der Waals surface area contributed by atoms with Crippen molar-refractivity contribution in [3.8, 4) is 0 Å². The average Bonchev–Trinajstić information content (AvgIpc) is 1.53. The first-order valence-electron chi connectivity index (χ1n) is 3.00. The summed E-state index contributed by atoms with van der Waals surface area (Å²) >= 11 is 0. The summed E-state index contributed by atoms with van der Waals surface area (Å²) in [5.41, 5.74) is 0. The fraction of sp³-hybridized carbons (Fsp3) is 0.800. The van der Waals surface area contributed by atoms with Crippen LogP contribution in [0.2, 0.25) is 0 Å². The van der Waals surface area contributed by atoms with Crippen LogP contribution in [0.5, 0.6) is 0 Å². The van der Waals surface area contributed by atoms with Crippen molar-refractivity contribution in [3.05, 3.63) is 0 Å². The fourth-order valence-corrected chi connectivity index (χ4v) is 1.48. The van der Waals surface area contributed by atoms with Crippen LogP contribution >= 0.6 is 0 Å². The van der Waals surface area contributed by atoms with Crippen LogP contribution in [0.25, 0.3) is 0 Å². The van der Waals surface area contributed by atoms with Gasteiger partial charge in [0.05, 0.1) is 12.7 Å². The minimum Gasteiger partial charge on any atom is -0.481 e. The highest BCUT2D eigenvalue weighted by Gasteiger charge is 2.11. The predicted octanol–water partition coefficient (Wildman–Crippen LogP) is -0.601. The van der Waals surface area contributed by atoms with Gasteiger partial charge in [-0.15, -0.1) is 0 Å². The number of nitrogens with one attached hydrogen (secondary N) is 1. The summed E-state index contributed by atoms with van der Waals surface area (Å²) in [6, 6.07) is -0.553. The molecule has 0 aliphatic carbocycles. The topological polar surface area (TPSA) is 83.5 Å². The normalized spacial score (nSPS) is 14.4. The third kappa shape index (κ3) is 7.27. The van der Waals surface area contributed by atoms with Crippen molar-refractivity contribution in [2.24, 2.45) is 0 Å². The van der Waals surface area contributed by atoms with Gasteiger partial charge in [0.15, 0.2) is 0 Å². The van der Waals surface area contributed by atoms with Crippen molar-refractivity contribution in [1.82, 2.24) is 4.72 Å². The lowest BCUT2D eigenvalue weighted by Gasteiger charge is -2.07. The molecule has 0 aliphatic heterocycles. The van der Waals surface area contributed by atoms with Crippen LogP contribution in [-0.4, -0.2) is 31.8 Å². The first kappa shape index (κ1) is 10.4. The molecule has 1 atom stereocenters. The summed E-state index contributed by atoms with van der Waals surface area (Å²) in [6.45, 7) is 1.50. The summed E-state index contributed by atoms with van der Waals surface area (Å²) < 4.78 is 23.2. The number of aliphatic carboxylic acids is 1. The second-order valence-corrected chi connectivity index (χ2v) is 4.17. The molecule has 0 aromatic carbocycles. The van der Waals surface area contributed by atoms with E-state index >= 15 is 0 Å². The summed E-state index contributed by atoms with van der Waals surface area (Å²) in [5.74, 6) is -1.02. The molecule has 0 spiro atoms. The van der Waals surface area contributed by atoms with Crippen molar-refractivity contribution in [2.45, 2.75) is 19.4 Å². The Morgan fingerprint density at radius 1 is 1.64 bits per heavy atom. The van der Waals surface area contributed by atoms with Crippen LogP contribution in [0.4, 0.5) is 0 Å². The van der Waals surface area contributed by atoms with E-state index in [4.69, 9.17) is 5.11 Å². The number of sulfonamides is 1. The Morgan fingerprint density at radius 3 is 2.36 bits per heavy atom. The average molecular weight is 181 g/mol. The van der Waals surface area contributed by atoms with Gasteiger partial charge in [0.1, 0.15) is 0 Å². The summed E-state index contributed by atoms with van der Waals surface area (Å²) in [4.78, 5) is 10.1. The van der Waals surface area contributed by atoms with Crippen molar-refractivity contribution in [1.29, 1.82) is 0 Å². The highest BCUT2D eigenvalue weighted by atomic mass is 32.2. The monoisotopic (exact) mass is 181 g/mol. The SMILES string of the molecule is CC(CC(=O)O)NS(C)(=O)=O. The van der Waals surface area contributed by atoms with E-state index in [-0.39, 0.29) is 6.42 Å². The predicted molar refractivity (Wildman–Crippen MR) is 39.7 cm³/mol. The van der Waals surface area contributed by atoms with Crippen LogP contribution in [0.15, 0.2) is 0 Å². The van der Waals surface area contributed by atoms with E-state index in [0.717, 1.165) is 6.26 Å². The maximum atomic E-state index is 10.5. The Hall–Kier alpha value is -0.620. The zero-order valence-electron chi connectivity index (χ0n) is 6.36. The molecular weight excluding hydrogens is 170 g/mol. The van der Waals surface area contributed by atoms with Crippen LogP contribution in [0, 0.1) is 0 Å². The van der Waals surface area contributed by atoms with Gasteiger partial charge in [0, 0.05) is 6.04 Å². The third-order valence-corrected chi connectivity index (χ3v) is 1.73. The molecular formula is C5H11NO4S. The number of rotatable bonds is 4. The largest absolute Gasteiger partial charge is 0.481 e. The van der Waals surface area contributed by atoms with Crippen LogP contribution < -0.4 is 4.72 Å². The van der Waals surface area contributed by atoms with E-state index in [2.05, 4.69) is 4.72 Å². The van der Waals surface area contributed by atoms with Crippen LogP contribution in [-0.2, 0) is 14.8 Å². The van der Waals surface area contributed by atoms with Gasteiger partial charge in [-0.25, -0.2) is 13.1 Å². The smallest absolute Gasteiger partial charge is 0.304 e. The number of carboxylic acids is 1. The minimum atomic E-state index is -3.28. The van der Waals surface area contributed by atoms with Gasteiger partial charge in [-0.05, 0) is 6.92 Å². The molecule has 66 valence electrons. The Morgan fingerprint density at radius 2 is 2.09 bits per heavy atom. The van der Waals surface area contributed by atoms with Gasteiger partial charge in [-0.3, -0.25) is 4.79 Å². The lowest BCUT2D eigenvalue weighted by atomic mass is 10.3. The van der Waals surface area contributed by atoms with Gasteiger partial charge in [0.2, 0.25) is 10.0 Å². The molecule has 0 fully saturated rings. The molecule has 0 bridgehead atoms. The molecule has 0 aromatic rings. The van der Waals surface area contributed by atoms with E-state index in [0.29, 0.717) is 0 Å². The first-order valence-corrected chi connectivity index (χ1v) is 4.89. The lowest BCUT2D eigenvalue weighted by Crippen LogP contribution is -2.33. The molecule has 0 saturated heterocycles. The molecule has 0 aromatic heterocycles. The van der Waals surface area contributed by atoms with Crippen molar-refractivity contribution >= 4 is 16.0 Å². The molecule has 1 unspecified atom stereocenters. The number of hydrogen-bond acceptors (Lipinski definition) is 3. The molecule has 0 amide bonds. The third-order valence-electron chi connectivity index (χ3n) is 0.896. The Bertz CT molecular complexity index is 233. The van der Waals surface area contributed by atoms with E-state index < -0.39 is 22.0 Å². The maximum Gasteiger partial charge on any atom is 0.304 e. The second kappa shape index (κ2) is 3.68. The quantitative estimate of drug-likeness (QED) is 0.606. The molecule has 0 rings (SSSR count). The zero-order valence-corrected chi connectivity index (χ0v) is 7.18. The molecule has 2 N–H and O–H groups in total. The van der Waals surface area contributed by atoms with Crippen LogP contribution in [0.3, 0.4) is 0 Å². The van der Waals surface area contributed by atoms with Gasteiger partial charge < -0.3 is 5.11 Å². The molecule has 6 heteroatoms. The molecule has 11 heavy (non-hydrogen) atoms. The summed E-state index contributed by atoms with van der Waals surface area (Å²) in [5, 5.41) is 8.25. The van der Waals surface area contributed by atoms with Gasteiger partial charge in [-0.1, -0.05) is 0 Å². The highest BCUT2D eigenvalue weighted by molar-refractivity contribution is 7.88. The molecule has 0 heterocycles. The Labute approximate surface area is 65.5 Å². The van der Waals surface area contributed by atoms with E-state index in [1.807, 2.05) is 0 Å². The van der Waals surface area contributed by atoms with Gasteiger partial charge in [0.25, 0.3) is 0 Å². The fourth-order valence-electron chi connectivity index (χ4n) is 0.669. The lowest BCUT2D eigenvalue weighted by molar-refractivity contribution is -0.137. The first-order chi connectivity index (χ1) is 4.81. The van der Waals surface area contributed by atoms with E-state index in [1.54, 1.807) is 0 Å². The van der Waals surface area contributed by atoms with Gasteiger partial charge in [-0.2, -0.15) is 0 Å². The van der Waals surface area contributed by atoms with E-state index in [9.17, 15) is 13.2 Å².